The predicted molar refractivity (Wildman–Crippen MR) is 118 cm³/mol. The number of aryl methyl sites for hydroxylation is 2. The molecule has 0 saturated carbocycles. The topological polar surface area (TPSA) is 88.6 Å². The van der Waals surface area contributed by atoms with E-state index in [1.807, 2.05) is 31.2 Å². The second-order valence-electron chi connectivity index (χ2n) is 7.67. The third-order valence-electron chi connectivity index (χ3n) is 5.49. The van der Waals surface area contributed by atoms with Crippen molar-refractivity contribution in [3.05, 3.63) is 65.4 Å². The lowest BCUT2D eigenvalue weighted by molar-refractivity contribution is -0.122. The normalized spacial score (nSPS) is 15.8. The van der Waals surface area contributed by atoms with Crippen LogP contribution in [0.3, 0.4) is 0 Å². The van der Waals surface area contributed by atoms with Crippen molar-refractivity contribution in [3.8, 4) is 0 Å². The highest BCUT2D eigenvalue weighted by molar-refractivity contribution is 6.06. The van der Waals surface area contributed by atoms with Gasteiger partial charge in [0.1, 0.15) is 0 Å². The summed E-state index contributed by atoms with van der Waals surface area (Å²) in [5, 5.41) is 3.68. The number of nitrogens with one attached hydrogen (secondary N) is 1. The Balaban J connectivity index is 1.57. The molecule has 0 bridgehead atoms. The maximum absolute atomic E-state index is 13.0. The summed E-state index contributed by atoms with van der Waals surface area (Å²) in [6.45, 7) is 4.96. The second kappa shape index (κ2) is 8.18. The molecular formula is C24H23N3O4. The van der Waals surface area contributed by atoms with Crippen molar-refractivity contribution < 1.29 is 19.1 Å². The lowest BCUT2D eigenvalue weighted by atomic mass is 10.0. The number of hydrogen-bond donors (Lipinski definition) is 1. The minimum atomic E-state index is -0.591. The molecule has 0 radical (unpaired) electrons. The van der Waals surface area contributed by atoms with Crippen LogP contribution in [0.4, 0.5) is 11.4 Å². The zero-order chi connectivity index (χ0) is 22.1. The molecule has 2 heterocycles. The Labute approximate surface area is 180 Å². The largest absolute Gasteiger partial charge is 0.452 e. The number of rotatable bonds is 3. The third kappa shape index (κ3) is 3.86. The summed E-state index contributed by atoms with van der Waals surface area (Å²) < 4.78 is 5.41. The van der Waals surface area contributed by atoms with Gasteiger partial charge in [0.25, 0.3) is 5.91 Å². The summed E-state index contributed by atoms with van der Waals surface area (Å²) in [5.41, 5.74) is 3.63. The zero-order valence-corrected chi connectivity index (χ0v) is 17.6. The molecule has 158 valence electrons. The summed E-state index contributed by atoms with van der Waals surface area (Å²) in [6.07, 6.45) is 0.154. The average Bonchev–Trinajstić information content (AvgIpc) is 2.86. The monoisotopic (exact) mass is 417 g/mol. The van der Waals surface area contributed by atoms with Gasteiger partial charge in [-0.3, -0.25) is 14.6 Å². The molecule has 31 heavy (non-hydrogen) atoms. The van der Waals surface area contributed by atoms with Crippen LogP contribution in [-0.2, 0) is 14.3 Å². The zero-order valence-electron chi connectivity index (χ0n) is 17.6. The van der Waals surface area contributed by atoms with Crippen LogP contribution < -0.4 is 10.2 Å². The number of amides is 2. The van der Waals surface area contributed by atoms with Crippen molar-refractivity contribution in [2.45, 2.75) is 33.2 Å². The number of ether oxygens (including phenoxy) is 1. The SMILES string of the molecule is Cc1nc2ccccc2c(C)c1C(=O)OCC(=O)N1c2ccccc2NC(=O)C[C@H]1C. The summed E-state index contributed by atoms with van der Waals surface area (Å²) in [7, 11) is 0. The van der Waals surface area contributed by atoms with Crippen LogP contribution in [0.25, 0.3) is 10.9 Å². The first-order valence-electron chi connectivity index (χ1n) is 10.1. The number of aromatic nitrogens is 1. The van der Waals surface area contributed by atoms with Crippen LogP contribution in [0.1, 0.15) is 35.0 Å². The summed E-state index contributed by atoms with van der Waals surface area (Å²) >= 11 is 0. The van der Waals surface area contributed by atoms with Crippen LogP contribution in [0, 0.1) is 13.8 Å². The molecule has 1 aliphatic heterocycles. The first-order chi connectivity index (χ1) is 14.9. The van der Waals surface area contributed by atoms with Crippen molar-refractivity contribution in [1.29, 1.82) is 0 Å². The fourth-order valence-electron chi connectivity index (χ4n) is 4.07. The smallest absolute Gasteiger partial charge is 0.340 e. The molecule has 2 amide bonds. The molecule has 7 heteroatoms. The van der Waals surface area contributed by atoms with Crippen molar-refractivity contribution in [3.63, 3.8) is 0 Å². The molecule has 7 nitrogen and oxygen atoms in total. The average molecular weight is 417 g/mol. The van der Waals surface area contributed by atoms with Crippen molar-refractivity contribution >= 4 is 40.1 Å². The van der Waals surface area contributed by atoms with Gasteiger partial charge in [-0.15, -0.1) is 0 Å². The molecule has 0 spiro atoms. The van der Waals surface area contributed by atoms with Gasteiger partial charge in [-0.1, -0.05) is 30.3 Å². The molecule has 0 aliphatic carbocycles. The molecule has 0 saturated heterocycles. The molecule has 0 unspecified atom stereocenters. The number of hydrogen-bond acceptors (Lipinski definition) is 5. The molecule has 0 fully saturated rings. The Morgan fingerprint density at radius 2 is 1.84 bits per heavy atom. The molecule has 1 aliphatic rings. The number of carbonyl (C=O) groups is 3. The number of fused-ring (bicyclic) bond motifs is 2. The molecule has 1 N–H and O–H groups in total. The minimum Gasteiger partial charge on any atom is -0.452 e. The Bertz CT molecular complexity index is 1200. The van der Waals surface area contributed by atoms with Crippen molar-refractivity contribution in [1.82, 2.24) is 4.98 Å². The van der Waals surface area contributed by atoms with Gasteiger partial charge in [0.2, 0.25) is 5.91 Å². The van der Waals surface area contributed by atoms with Crippen molar-refractivity contribution in [2.75, 3.05) is 16.8 Å². The van der Waals surface area contributed by atoms with Gasteiger partial charge in [-0.25, -0.2) is 4.79 Å². The van der Waals surface area contributed by atoms with Gasteiger partial charge < -0.3 is 15.0 Å². The maximum Gasteiger partial charge on any atom is 0.340 e. The van der Waals surface area contributed by atoms with E-state index in [4.69, 9.17) is 4.74 Å². The third-order valence-corrected chi connectivity index (χ3v) is 5.49. The van der Waals surface area contributed by atoms with E-state index in [0.717, 1.165) is 16.5 Å². The van der Waals surface area contributed by atoms with E-state index in [9.17, 15) is 14.4 Å². The fourth-order valence-corrected chi connectivity index (χ4v) is 4.07. The Morgan fingerprint density at radius 3 is 2.65 bits per heavy atom. The van der Waals surface area contributed by atoms with Crippen LogP contribution >= 0.6 is 0 Å². The number of nitrogens with zero attached hydrogens (tertiary/aromatic N) is 2. The number of carbonyl (C=O) groups excluding carboxylic acids is 3. The molecule has 1 aromatic heterocycles. The first kappa shape index (κ1) is 20.5. The van der Waals surface area contributed by atoms with E-state index in [-0.39, 0.29) is 18.4 Å². The predicted octanol–water partition coefficient (Wildman–Crippen LogP) is 3.77. The van der Waals surface area contributed by atoms with Gasteiger partial charge in [-0.05, 0) is 44.5 Å². The maximum atomic E-state index is 13.0. The van der Waals surface area contributed by atoms with E-state index in [2.05, 4.69) is 10.3 Å². The first-order valence-corrected chi connectivity index (χ1v) is 10.1. The van der Waals surface area contributed by atoms with E-state index >= 15 is 0 Å². The summed E-state index contributed by atoms with van der Waals surface area (Å²) in [6, 6.07) is 14.3. The van der Waals surface area contributed by atoms with E-state index in [1.165, 1.54) is 4.90 Å². The van der Waals surface area contributed by atoms with E-state index in [1.54, 1.807) is 38.1 Å². The van der Waals surface area contributed by atoms with E-state index < -0.39 is 18.5 Å². The fraction of sp³-hybridized carbons (Fsp3) is 0.250. The molecule has 1 atom stereocenters. The lowest BCUT2D eigenvalue weighted by Gasteiger charge is -2.27. The Morgan fingerprint density at radius 1 is 1.13 bits per heavy atom. The van der Waals surface area contributed by atoms with Crippen LogP contribution in [0.15, 0.2) is 48.5 Å². The highest BCUT2D eigenvalue weighted by Crippen LogP contribution is 2.31. The molecule has 3 aromatic rings. The van der Waals surface area contributed by atoms with Crippen LogP contribution in [0.5, 0.6) is 0 Å². The van der Waals surface area contributed by atoms with Gasteiger partial charge >= 0.3 is 5.97 Å². The molecule has 4 rings (SSSR count). The van der Waals surface area contributed by atoms with Gasteiger partial charge in [0, 0.05) is 17.8 Å². The number of para-hydroxylation sites is 3. The van der Waals surface area contributed by atoms with Crippen LogP contribution in [-0.4, -0.2) is 35.4 Å². The lowest BCUT2D eigenvalue weighted by Crippen LogP contribution is -2.41. The molecular weight excluding hydrogens is 394 g/mol. The number of anilines is 2. The van der Waals surface area contributed by atoms with Gasteiger partial charge in [0.15, 0.2) is 6.61 Å². The van der Waals surface area contributed by atoms with Gasteiger partial charge in [0.05, 0.1) is 28.1 Å². The number of pyridine rings is 1. The number of esters is 1. The highest BCUT2D eigenvalue weighted by atomic mass is 16.5. The van der Waals surface area contributed by atoms with E-state index in [0.29, 0.717) is 22.6 Å². The van der Waals surface area contributed by atoms with Gasteiger partial charge in [-0.2, -0.15) is 0 Å². The standard InChI is InChI=1S/C24H23N3O4/c1-14-12-21(28)26-19-10-6-7-11-20(19)27(14)22(29)13-31-24(30)23-15(2)17-8-4-5-9-18(17)25-16(23)3/h4-11,14H,12-13H2,1-3H3,(H,26,28)/t14-/m1/s1. The Hall–Kier alpha value is -3.74. The Kier molecular flexibility index (Phi) is 5.42. The minimum absolute atomic E-state index is 0.154. The number of benzene rings is 2. The molecule has 2 aromatic carbocycles. The highest BCUT2D eigenvalue weighted by Gasteiger charge is 2.30. The van der Waals surface area contributed by atoms with Crippen molar-refractivity contribution in [2.24, 2.45) is 0 Å². The summed E-state index contributed by atoms with van der Waals surface area (Å²) in [5.74, 6) is -1.15. The summed E-state index contributed by atoms with van der Waals surface area (Å²) in [4.78, 5) is 44.0. The second-order valence-corrected chi connectivity index (χ2v) is 7.67. The van der Waals surface area contributed by atoms with Crippen LogP contribution in [0.2, 0.25) is 0 Å². The quantitative estimate of drug-likeness (QED) is 0.656.